The maximum atomic E-state index is 12.4. The molecule has 102 valence electrons. The van der Waals surface area contributed by atoms with Crippen LogP contribution >= 0.6 is 15.9 Å². The summed E-state index contributed by atoms with van der Waals surface area (Å²) in [7, 11) is 0. The second-order valence-corrected chi connectivity index (χ2v) is 5.66. The van der Waals surface area contributed by atoms with Crippen molar-refractivity contribution in [3.05, 3.63) is 28.2 Å². The lowest BCUT2D eigenvalue weighted by Gasteiger charge is -2.31. The van der Waals surface area contributed by atoms with Gasteiger partial charge in [0.2, 0.25) is 0 Å². The molecule has 2 N–H and O–H groups in total. The summed E-state index contributed by atoms with van der Waals surface area (Å²) in [5.74, 6) is -1.41. The van der Waals surface area contributed by atoms with Crippen LogP contribution in [0, 0.1) is 0 Å². The SMILES string of the molecule is CC1(C(=O)O)CCCN1C(=O)c1ccc(Br)c(O)c1. The number of nitrogens with zero attached hydrogens (tertiary/aromatic N) is 1. The van der Waals surface area contributed by atoms with Crippen LogP contribution in [0.4, 0.5) is 0 Å². The molecule has 6 heteroatoms. The molecule has 19 heavy (non-hydrogen) atoms. The Morgan fingerprint density at radius 3 is 2.68 bits per heavy atom. The third-order valence-corrected chi connectivity index (χ3v) is 4.21. The lowest BCUT2D eigenvalue weighted by Crippen LogP contribution is -2.50. The molecule has 2 rings (SSSR count). The van der Waals surface area contributed by atoms with Crippen molar-refractivity contribution < 1.29 is 19.8 Å². The maximum Gasteiger partial charge on any atom is 0.329 e. The minimum atomic E-state index is -1.17. The summed E-state index contributed by atoms with van der Waals surface area (Å²) in [5.41, 5.74) is -0.880. The van der Waals surface area contributed by atoms with E-state index in [1.165, 1.54) is 11.0 Å². The van der Waals surface area contributed by atoms with E-state index in [1.807, 2.05) is 0 Å². The minimum absolute atomic E-state index is 0.0397. The van der Waals surface area contributed by atoms with Gasteiger partial charge in [0.1, 0.15) is 11.3 Å². The monoisotopic (exact) mass is 327 g/mol. The number of hydrogen-bond acceptors (Lipinski definition) is 3. The van der Waals surface area contributed by atoms with Crippen LogP contribution in [0.25, 0.3) is 0 Å². The number of carboxylic acids is 1. The van der Waals surface area contributed by atoms with Crippen LogP contribution in [-0.4, -0.2) is 39.1 Å². The van der Waals surface area contributed by atoms with Crippen molar-refractivity contribution in [1.82, 2.24) is 4.90 Å². The molecule has 1 atom stereocenters. The smallest absolute Gasteiger partial charge is 0.329 e. The molecule has 1 aromatic rings. The second-order valence-electron chi connectivity index (χ2n) is 4.81. The minimum Gasteiger partial charge on any atom is -0.507 e. The van der Waals surface area contributed by atoms with Crippen LogP contribution < -0.4 is 0 Å². The van der Waals surface area contributed by atoms with Gasteiger partial charge in [-0.3, -0.25) is 4.79 Å². The largest absolute Gasteiger partial charge is 0.507 e. The highest BCUT2D eigenvalue weighted by molar-refractivity contribution is 9.10. The average Bonchev–Trinajstić information content (AvgIpc) is 2.75. The van der Waals surface area contributed by atoms with E-state index >= 15 is 0 Å². The normalized spacial score (nSPS) is 22.5. The number of benzene rings is 1. The highest BCUT2D eigenvalue weighted by Gasteiger charge is 2.46. The van der Waals surface area contributed by atoms with Crippen LogP contribution in [-0.2, 0) is 4.79 Å². The molecule has 0 saturated carbocycles. The van der Waals surface area contributed by atoms with Gasteiger partial charge in [-0.1, -0.05) is 0 Å². The number of rotatable bonds is 2. The lowest BCUT2D eigenvalue weighted by atomic mass is 9.98. The van der Waals surface area contributed by atoms with Gasteiger partial charge >= 0.3 is 5.97 Å². The fourth-order valence-corrected chi connectivity index (χ4v) is 2.56. The van der Waals surface area contributed by atoms with E-state index in [0.29, 0.717) is 23.9 Å². The standard InChI is InChI=1S/C13H14BrNO4/c1-13(12(18)19)5-2-6-15(13)11(17)8-3-4-9(14)10(16)7-8/h3-4,7,16H,2,5-6H2,1H3,(H,18,19). The first kappa shape index (κ1) is 13.9. The fourth-order valence-electron chi connectivity index (χ4n) is 2.31. The van der Waals surface area contributed by atoms with Crippen molar-refractivity contribution in [1.29, 1.82) is 0 Å². The van der Waals surface area contributed by atoms with Crippen molar-refractivity contribution in [2.75, 3.05) is 6.54 Å². The van der Waals surface area contributed by atoms with Crippen molar-refractivity contribution >= 4 is 27.8 Å². The molecule has 1 saturated heterocycles. The van der Waals surface area contributed by atoms with Crippen molar-refractivity contribution in [2.45, 2.75) is 25.3 Å². The van der Waals surface area contributed by atoms with Crippen molar-refractivity contribution in [3.8, 4) is 5.75 Å². The number of aliphatic carboxylic acids is 1. The van der Waals surface area contributed by atoms with E-state index in [4.69, 9.17) is 0 Å². The number of aromatic hydroxyl groups is 1. The Morgan fingerprint density at radius 2 is 2.11 bits per heavy atom. The molecule has 1 fully saturated rings. The second kappa shape index (κ2) is 4.85. The summed E-state index contributed by atoms with van der Waals surface area (Å²) in [6, 6.07) is 4.47. The van der Waals surface area contributed by atoms with Gasteiger partial charge in [0.05, 0.1) is 4.47 Å². The Kier molecular flexibility index (Phi) is 3.54. The van der Waals surface area contributed by atoms with Gasteiger partial charge in [0.25, 0.3) is 5.91 Å². The number of phenolic OH excluding ortho intramolecular Hbond substituents is 1. The van der Waals surface area contributed by atoms with Crippen LogP contribution in [0.5, 0.6) is 5.75 Å². The van der Waals surface area contributed by atoms with Crippen molar-refractivity contribution in [3.63, 3.8) is 0 Å². The van der Waals surface area contributed by atoms with Gasteiger partial charge in [0, 0.05) is 12.1 Å². The predicted octanol–water partition coefficient (Wildman–Crippen LogP) is 2.23. The zero-order valence-electron chi connectivity index (χ0n) is 10.4. The van der Waals surface area contributed by atoms with Gasteiger partial charge in [-0.2, -0.15) is 0 Å². The Balaban J connectivity index is 2.33. The number of phenols is 1. The molecular formula is C13H14BrNO4. The topological polar surface area (TPSA) is 77.8 Å². The van der Waals surface area contributed by atoms with Crippen LogP contribution in [0.3, 0.4) is 0 Å². The number of likely N-dealkylation sites (tertiary alicyclic amines) is 1. The highest BCUT2D eigenvalue weighted by Crippen LogP contribution is 2.32. The van der Waals surface area contributed by atoms with E-state index in [-0.39, 0.29) is 17.2 Å². The molecule has 0 spiro atoms. The third-order valence-electron chi connectivity index (χ3n) is 3.54. The van der Waals surface area contributed by atoms with Crippen LogP contribution in [0.1, 0.15) is 30.1 Å². The van der Waals surface area contributed by atoms with Gasteiger partial charge in [-0.15, -0.1) is 0 Å². The molecule has 0 bridgehead atoms. The summed E-state index contributed by atoms with van der Waals surface area (Å²) in [4.78, 5) is 25.1. The summed E-state index contributed by atoms with van der Waals surface area (Å²) >= 11 is 3.14. The molecule has 0 aromatic heterocycles. The van der Waals surface area contributed by atoms with E-state index < -0.39 is 11.5 Å². The van der Waals surface area contributed by atoms with E-state index in [1.54, 1.807) is 19.1 Å². The Hall–Kier alpha value is -1.56. The number of carbonyl (C=O) groups excluding carboxylic acids is 1. The summed E-state index contributed by atoms with van der Waals surface area (Å²) < 4.78 is 0.492. The van der Waals surface area contributed by atoms with Gasteiger partial charge in [-0.25, -0.2) is 4.79 Å². The highest BCUT2D eigenvalue weighted by atomic mass is 79.9. The molecule has 1 unspecified atom stereocenters. The number of hydrogen-bond donors (Lipinski definition) is 2. The Bertz CT molecular complexity index is 545. The predicted molar refractivity (Wildman–Crippen MR) is 72.1 cm³/mol. The summed E-state index contributed by atoms with van der Waals surface area (Å²) in [6.07, 6.45) is 1.10. The zero-order chi connectivity index (χ0) is 14.2. The first-order chi connectivity index (χ1) is 8.86. The quantitative estimate of drug-likeness (QED) is 0.873. The summed E-state index contributed by atoms with van der Waals surface area (Å²) in [5, 5.41) is 18.9. The molecule has 1 aliphatic heterocycles. The molecule has 1 aliphatic rings. The Labute approximate surface area is 119 Å². The van der Waals surface area contributed by atoms with Gasteiger partial charge < -0.3 is 15.1 Å². The third kappa shape index (κ3) is 2.32. The molecule has 1 aromatic carbocycles. The molecular weight excluding hydrogens is 314 g/mol. The lowest BCUT2D eigenvalue weighted by molar-refractivity contribution is -0.147. The molecule has 1 amide bonds. The molecule has 0 radical (unpaired) electrons. The van der Waals surface area contributed by atoms with Crippen LogP contribution in [0.15, 0.2) is 22.7 Å². The van der Waals surface area contributed by atoms with Gasteiger partial charge in [-0.05, 0) is 53.9 Å². The van der Waals surface area contributed by atoms with Crippen molar-refractivity contribution in [2.24, 2.45) is 0 Å². The molecule has 5 nitrogen and oxygen atoms in total. The first-order valence-electron chi connectivity index (χ1n) is 5.90. The maximum absolute atomic E-state index is 12.4. The van der Waals surface area contributed by atoms with Crippen LogP contribution in [0.2, 0.25) is 0 Å². The Morgan fingerprint density at radius 1 is 1.42 bits per heavy atom. The molecule has 0 aliphatic carbocycles. The van der Waals surface area contributed by atoms with E-state index in [0.717, 1.165) is 0 Å². The number of carboxylic acid groups (broad SMARTS) is 1. The number of halogens is 1. The number of carbonyl (C=O) groups is 2. The fraction of sp³-hybridized carbons (Fsp3) is 0.385. The first-order valence-corrected chi connectivity index (χ1v) is 6.69. The van der Waals surface area contributed by atoms with E-state index in [9.17, 15) is 19.8 Å². The van der Waals surface area contributed by atoms with E-state index in [2.05, 4.69) is 15.9 Å². The zero-order valence-corrected chi connectivity index (χ0v) is 12.0. The molecule has 1 heterocycles. The number of amides is 1. The van der Waals surface area contributed by atoms with Gasteiger partial charge in [0.15, 0.2) is 0 Å². The average molecular weight is 328 g/mol. The summed E-state index contributed by atoms with van der Waals surface area (Å²) in [6.45, 7) is 1.97.